The minimum absolute atomic E-state index is 0.848. The van der Waals surface area contributed by atoms with Crippen LogP contribution in [-0.4, -0.2) is 37.5 Å². The molecule has 3 nitrogen and oxygen atoms in total. The Morgan fingerprint density at radius 3 is 2.36 bits per heavy atom. The van der Waals surface area contributed by atoms with Crippen molar-refractivity contribution in [2.45, 2.75) is 0 Å². The van der Waals surface area contributed by atoms with Crippen LogP contribution in [0.3, 0.4) is 0 Å². The maximum absolute atomic E-state index is 5.22. The summed E-state index contributed by atoms with van der Waals surface area (Å²) in [5.74, 6) is 0. The summed E-state index contributed by atoms with van der Waals surface area (Å²) in [6, 6.07) is 0. The molecule has 0 radical (unpaired) electrons. The van der Waals surface area contributed by atoms with Gasteiger partial charge in [-0.1, -0.05) is 6.58 Å². The summed E-state index contributed by atoms with van der Waals surface area (Å²) in [5, 5.41) is 0. The Kier molecular flexibility index (Phi) is 4.38. The van der Waals surface area contributed by atoms with Gasteiger partial charge in [-0.3, -0.25) is 0 Å². The molecule has 0 saturated heterocycles. The average Bonchev–Trinajstić information content (AvgIpc) is 1.86. The summed E-state index contributed by atoms with van der Waals surface area (Å²) in [6.45, 7) is 4.74. The second kappa shape index (κ2) is 4.79. The van der Waals surface area contributed by atoms with E-state index < -0.39 is 0 Å². The van der Waals surface area contributed by atoms with Crippen molar-refractivity contribution in [1.29, 1.82) is 0 Å². The van der Waals surface area contributed by atoms with E-state index in [-0.39, 0.29) is 0 Å². The van der Waals surface area contributed by atoms with Gasteiger partial charge in [0, 0.05) is 31.7 Å². The third-order valence-corrected chi connectivity index (χ3v) is 1.31. The summed E-state index contributed by atoms with van der Waals surface area (Å²) in [6.07, 6.45) is 3.28. The van der Waals surface area contributed by atoms with Gasteiger partial charge in [0.1, 0.15) is 0 Å². The third-order valence-electron chi connectivity index (χ3n) is 1.31. The van der Waals surface area contributed by atoms with E-state index >= 15 is 0 Å². The Balaban J connectivity index is 3.83. The molecule has 3 heteroatoms. The first-order chi connectivity index (χ1) is 5.07. The molecule has 0 aliphatic rings. The Labute approximate surface area is 68.8 Å². The highest BCUT2D eigenvalue weighted by atomic mass is 15.2. The van der Waals surface area contributed by atoms with Crippen molar-refractivity contribution in [3.63, 3.8) is 0 Å². The Morgan fingerprint density at radius 2 is 2.00 bits per heavy atom. The normalized spacial score (nSPS) is 10.9. The van der Waals surface area contributed by atoms with E-state index in [1.807, 2.05) is 26.0 Å². The molecule has 0 aliphatic carbocycles. The Morgan fingerprint density at radius 1 is 1.45 bits per heavy atom. The highest BCUT2D eigenvalue weighted by Gasteiger charge is 1.98. The molecule has 0 aliphatic heterocycles. The summed E-state index contributed by atoms with van der Waals surface area (Å²) >= 11 is 0. The van der Waals surface area contributed by atoms with Crippen molar-refractivity contribution >= 4 is 0 Å². The molecule has 0 spiro atoms. The molecular weight excluding hydrogens is 138 g/mol. The van der Waals surface area contributed by atoms with Gasteiger partial charge >= 0.3 is 0 Å². The predicted octanol–water partition coefficient (Wildman–Crippen LogP) is 0.423. The fourth-order valence-corrected chi connectivity index (χ4v) is 0.711. The second-order valence-corrected chi connectivity index (χ2v) is 2.76. The fourth-order valence-electron chi connectivity index (χ4n) is 0.711. The van der Waals surface area contributed by atoms with Crippen LogP contribution in [0.25, 0.3) is 0 Å². The molecule has 0 bridgehead atoms. The molecule has 0 aromatic rings. The number of nitrogens with zero attached hydrogens (tertiary/aromatic N) is 2. The number of hydrogen-bond donors (Lipinski definition) is 1. The maximum atomic E-state index is 5.22. The first-order valence-electron chi connectivity index (χ1n) is 3.51. The zero-order valence-corrected chi connectivity index (χ0v) is 7.54. The standard InChI is InChI=1S/C8H17N3/c1-8(7-10(2)3)11(4)6-5-9/h5-6H,1,7,9H2,2-4H3/b6-5-. The van der Waals surface area contributed by atoms with Gasteiger partial charge in [0.05, 0.1) is 0 Å². The van der Waals surface area contributed by atoms with Gasteiger partial charge in [0.25, 0.3) is 0 Å². The van der Waals surface area contributed by atoms with E-state index in [2.05, 4.69) is 11.5 Å². The maximum Gasteiger partial charge on any atom is 0.0374 e. The average molecular weight is 155 g/mol. The zero-order valence-electron chi connectivity index (χ0n) is 7.54. The monoisotopic (exact) mass is 155 g/mol. The number of rotatable bonds is 4. The summed E-state index contributed by atoms with van der Waals surface area (Å²) in [5.41, 5.74) is 6.25. The van der Waals surface area contributed by atoms with Crippen LogP contribution in [0.15, 0.2) is 24.7 Å². The van der Waals surface area contributed by atoms with Gasteiger partial charge in [-0.15, -0.1) is 0 Å². The molecule has 0 fully saturated rings. The Hall–Kier alpha value is -0.960. The molecular formula is C8H17N3. The van der Waals surface area contributed by atoms with Crippen molar-refractivity contribution in [3.8, 4) is 0 Å². The quantitative estimate of drug-likeness (QED) is 0.638. The lowest BCUT2D eigenvalue weighted by molar-refractivity contribution is 0.397. The van der Waals surface area contributed by atoms with Crippen molar-refractivity contribution in [2.75, 3.05) is 27.7 Å². The van der Waals surface area contributed by atoms with Gasteiger partial charge in [-0.05, 0) is 14.1 Å². The molecule has 0 rings (SSSR count). The fraction of sp³-hybridized carbons (Fsp3) is 0.500. The van der Waals surface area contributed by atoms with Crippen LogP contribution in [-0.2, 0) is 0 Å². The lowest BCUT2D eigenvalue weighted by atomic mass is 10.4. The summed E-state index contributed by atoms with van der Waals surface area (Å²) in [4.78, 5) is 3.96. The van der Waals surface area contributed by atoms with Crippen LogP contribution in [0.5, 0.6) is 0 Å². The van der Waals surface area contributed by atoms with Crippen molar-refractivity contribution in [2.24, 2.45) is 5.73 Å². The predicted molar refractivity (Wildman–Crippen MR) is 48.8 cm³/mol. The molecule has 0 heterocycles. The van der Waals surface area contributed by atoms with Crippen molar-refractivity contribution in [3.05, 3.63) is 24.7 Å². The van der Waals surface area contributed by atoms with E-state index in [1.54, 1.807) is 6.20 Å². The molecule has 0 aromatic heterocycles. The molecule has 64 valence electrons. The summed E-state index contributed by atoms with van der Waals surface area (Å²) in [7, 11) is 5.94. The van der Waals surface area contributed by atoms with Gasteiger partial charge in [0.2, 0.25) is 0 Å². The molecule has 11 heavy (non-hydrogen) atoms. The van der Waals surface area contributed by atoms with Gasteiger partial charge in [0.15, 0.2) is 0 Å². The largest absolute Gasteiger partial charge is 0.403 e. The van der Waals surface area contributed by atoms with Gasteiger partial charge in [-0.2, -0.15) is 0 Å². The number of nitrogens with two attached hydrogens (primary N) is 1. The number of hydrogen-bond acceptors (Lipinski definition) is 3. The van der Waals surface area contributed by atoms with Crippen LogP contribution < -0.4 is 5.73 Å². The zero-order chi connectivity index (χ0) is 8.85. The van der Waals surface area contributed by atoms with E-state index in [1.165, 1.54) is 6.20 Å². The Bertz CT molecular complexity index is 149. The highest BCUT2D eigenvalue weighted by molar-refractivity contribution is 4.99. The topological polar surface area (TPSA) is 32.5 Å². The molecule has 0 unspecified atom stereocenters. The summed E-state index contributed by atoms with van der Waals surface area (Å²) < 4.78 is 0. The SMILES string of the molecule is C=C(CN(C)C)N(C)/C=C\N. The first kappa shape index (κ1) is 10.0. The highest BCUT2D eigenvalue weighted by Crippen LogP contribution is 1.98. The van der Waals surface area contributed by atoms with E-state index in [0.717, 1.165) is 12.2 Å². The van der Waals surface area contributed by atoms with Crippen LogP contribution in [0, 0.1) is 0 Å². The van der Waals surface area contributed by atoms with Gasteiger partial charge < -0.3 is 15.5 Å². The third kappa shape index (κ3) is 4.44. The lowest BCUT2D eigenvalue weighted by Crippen LogP contribution is -2.22. The smallest absolute Gasteiger partial charge is 0.0374 e. The van der Waals surface area contributed by atoms with Gasteiger partial charge in [-0.25, -0.2) is 0 Å². The minimum Gasteiger partial charge on any atom is -0.403 e. The first-order valence-corrected chi connectivity index (χ1v) is 3.51. The number of likely N-dealkylation sites (N-methyl/N-ethyl adjacent to an activating group) is 2. The molecule has 0 amide bonds. The molecule has 0 atom stereocenters. The second-order valence-electron chi connectivity index (χ2n) is 2.76. The van der Waals surface area contributed by atoms with Crippen molar-refractivity contribution in [1.82, 2.24) is 9.80 Å². The minimum atomic E-state index is 0.848. The molecule has 0 saturated carbocycles. The van der Waals surface area contributed by atoms with Crippen LogP contribution in [0.1, 0.15) is 0 Å². The van der Waals surface area contributed by atoms with Crippen LogP contribution in [0.2, 0.25) is 0 Å². The lowest BCUT2D eigenvalue weighted by Gasteiger charge is -2.19. The van der Waals surface area contributed by atoms with E-state index in [4.69, 9.17) is 5.73 Å². The molecule has 0 aromatic carbocycles. The van der Waals surface area contributed by atoms with Crippen LogP contribution >= 0.6 is 0 Å². The van der Waals surface area contributed by atoms with Crippen molar-refractivity contribution < 1.29 is 0 Å². The van der Waals surface area contributed by atoms with Crippen LogP contribution in [0.4, 0.5) is 0 Å². The van der Waals surface area contributed by atoms with E-state index in [0.29, 0.717) is 0 Å². The molecule has 2 N–H and O–H groups in total. The van der Waals surface area contributed by atoms with E-state index in [9.17, 15) is 0 Å².